The number of aromatic nitrogens is 5. The number of nitrogens with one attached hydrogen (secondary N) is 1. The number of hydrogen-bond donors (Lipinski definition) is 1. The van der Waals surface area contributed by atoms with E-state index in [1.54, 1.807) is 23.0 Å². The summed E-state index contributed by atoms with van der Waals surface area (Å²) >= 11 is 1.20. The summed E-state index contributed by atoms with van der Waals surface area (Å²) < 4.78 is 18.2. The van der Waals surface area contributed by atoms with Crippen LogP contribution in [0.15, 0.2) is 52.9 Å². The number of hydrogen-bond acceptors (Lipinski definition) is 6. The van der Waals surface area contributed by atoms with Gasteiger partial charge >= 0.3 is 0 Å². The molecule has 0 amide bonds. The minimum atomic E-state index is -0.394. The molecule has 4 aromatic heterocycles. The lowest BCUT2D eigenvalue weighted by atomic mass is 10.0. The average molecular weight is 460 g/mol. The van der Waals surface area contributed by atoms with Crippen LogP contribution in [0.25, 0.3) is 16.6 Å². The van der Waals surface area contributed by atoms with Gasteiger partial charge in [-0.1, -0.05) is 11.8 Å². The molecule has 0 aromatic carbocycles. The fraction of sp³-hybridized carbons (Fsp3) is 0.333. The predicted octanol–water partition coefficient (Wildman–Crippen LogP) is 4.23. The number of fused-ring (bicyclic) bond motifs is 2. The molecule has 1 N–H and O–H groups in total. The first-order valence-electron chi connectivity index (χ1n) is 11.1. The van der Waals surface area contributed by atoms with Gasteiger partial charge in [0.05, 0.1) is 29.5 Å². The minimum absolute atomic E-state index is 0.264. The number of rotatable bonds is 4. The van der Waals surface area contributed by atoms with E-state index in [-0.39, 0.29) is 5.03 Å². The second-order valence-electron chi connectivity index (χ2n) is 8.84. The van der Waals surface area contributed by atoms with Crippen molar-refractivity contribution in [2.45, 2.75) is 35.7 Å². The highest BCUT2D eigenvalue weighted by atomic mass is 32.2. The third-order valence-corrected chi connectivity index (χ3v) is 7.98. The largest absolute Gasteiger partial charge is 0.316 e. The molecular formula is C24H22FN7S. The van der Waals surface area contributed by atoms with E-state index < -0.39 is 5.82 Å². The summed E-state index contributed by atoms with van der Waals surface area (Å²) in [4.78, 5) is 4.91. The van der Waals surface area contributed by atoms with Crippen molar-refractivity contribution in [2.75, 3.05) is 13.1 Å². The van der Waals surface area contributed by atoms with Crippen LogP contribution in [-0.2, 0) is 0 Å². The average Bonchev–Trinajstić information content (AvgIpc) is 3.57. The van der Waals surface area contributed by atoms with Crippen molar-refractivity contribution in [2.24, 2.45) is 11.8 Å². The van der Waals surface area contributed by atoms with E-state index in [0.717, 1.165) is 59.5 Å². The lowest BCUT2D eigenvalue weighted by Crippen LogP contribution is -2.15. The second-order valence-corrected chi connectivity index (χ2v) is 9.87. The van der Waals surface area contributed by atoms with Crippen molar-refractivity contribution < 1.29 is 4.39 Å². The van der Waals surface area contributed by atoms with Gasteiger partial charge < -0.3 is 5.32 Å². The third kappa shape index (κ3) is 3.41. The maximum absolute atomic E-state index is 14.4. The standard InChI is InChI=1S/C24H22FN7S/c1-14-20(12-30-32(14)19-5-15-9-27-10-16(15)6-19)17-7-22(33-24-21(25)3-2-4-28-24)23-18(8-26)11-29-31(23)13-17/h2-4,7,11-13,15-16,19,27H,5-6,9-10H2,1H3/t15-,16+,19+. The molecule has 1 saturated carbocycles. The smallest absolute Gasteiger partial charge is 0.155 e. The summed E-state index contributed by atoms with van der Waals surface area (Å²) in [5.41, 5.74) is 4.15. The van der Waals surface area contributed by atoms with Crippen molar-refractivity contribution in [3.8, 4) is 17.2 Å². The molecule has 3 atom stereocenters. The SMILES string of the molecule is Cc1c(-c2cc(Sc3ncccc3F)c3c(C#N)cnn3c2)cnn1[C@@H]1C[C@H]2CNC[C@H]2C1. The maximum Gasteiger partial charge on any atom is 0.155 e. The van der Waals surface area contributed by atoms with Crippen molar-refractivity contribution in [1.82, 2.24) is 29.7 Å². The van der Waals surface area contributed by atoms with E-state index in [9.17, 15) is 9.65 Å². The highest BCUT2D eigenvalue weighted by Crippen LogP contribution is 2.43. The van der Waals surface area contributed by atoms with E-state index in [1.165, 1.54) is 17.8 Å². The number of nitrogens with zero attached hydrogens (tertiary/aromatic N) is 6. The number of pyridine rings is 2. The van der Waals surface area contributed by atoms with Crippen LogP contribution < -0.4 is 5.32 Å². The molecular weight excluding hydrogens is 437 g/mol. The van der Waals surface area contributed by atoms with Gasteiger partial charge in [0.1, 0.15) is 11.1 Å². The van der Waals surface area contributed by atoms with Gasteiger partial charge in [-0.15, -0.1) is 0 Å². The maximum atomic E-state index is 14.4. The zero-order valence-corrected chi connectivity index (χ0v) is 18.9. The summed E-state index contributed by atoms with van der Waals surface area (Å²) in [6, 6.07) is 7.55. The van der Waals surface area contributed by atoms with Crippen LogP contribution >= 0.6 is 11.8 Å². The van der Waals surface area contributed by atoms with Crippen LogP contribution in [0.5, 0.6) is 0 Å². The Morgan fingerprint density at radius 1 is 1.21 bits per heavy atom. The van der Waals surface area contributed by atoms with Gasteiger partial charge in [-0.3, -0.25) is 4.68 Å². The van der Waals surface area contributed by atoms with E-state index in [2.05, 4.69) is 33.1 Å². The molecule has 1 aliphatic heterocycles. The molecule has 0 bridgehead atoms. The normalized spacial score (nSPS) is 22.0. The number of nitriles is 1. The lowest BCUT2D eigenvalue weighted by molar-refractivity contribution is 0.425. The van der Waals surface area contributed by atoms with E-state index >= 15 is 0 Å². The first-order valence-corrected chi connectivity index (χ1v) is 11.9. The van der Waals surface area contributed by atoms with Crippen LogP contribution in [0.1, 0.15) is 30.1 Å². The first-order chi connectivity index (χ1) is 16.1. The quantitative estimate of drug-likeness (QED) is 0.492. The Balaban J connectivity index is 1.42. The third-order valence-electron chi connectivity index (χ3n) is 6.96. The molecule has 4 aromatic rings. The molecule has 1 saturated heterocycles. The Kier molecular flexibility index (Phi) is 4.93. The van der Waals surface area contributed by atoms with Crippen LogP contribution in [-0.4, -0.2) is 37.5 Å². The molecule has 166 valence electrons. The van der Waals surface area contributed by atoms with Crippen molar-refractivity contribution in [3.05, 3.63) is 60.1 Å². The van der Waals surface area contributed by atoms with Gasteiger partial charge in [-0.05, 0) is 62.9 Å². The van der Waals surface area contributed by atoms with Crippen LogP contribution in [0, 0.1) is 35.9 Å². The predicted molar refractivity (Wildman–Crippen MR) is 122 cm³/mol. The highest BCUT2D eigenvalue weighted by Gasteiger charge is 2.38. The molecule has 2 aliphatic rings. The summed E-state index contributed by atoms with van der Waals surface area (Å²) in [5, 5.41) is 22.5. The van der Waals surface area contributed by atoms with Gasteiger partial charge in [-0.25, -0.2) is 13.9 Å². The van der Waals surface area contributed by atoms with Crippen molar-refractivity contribution in [3.63, 3.8) is 0 Å². The number of halogens is 1. The summed E-state index contributed by atoms with van der Waals surface area (Å²) in [7, 11) is 0. The topological polar surface area (TPSA) is 83.8 Å². The Bertz CT molecular complexity index is 1390. The Morgan fingerprint density at radius 2 is 2.03 bits per heavy atom. The van der Waals surface area contributed by atoms with Gasteiger partial charge in [0.2, 0.25) is 0 Å². The van der Waals surface area contributed by atoms with E-state index in [4.69, 9.17) is 5.10 Å². The fourth-order valence-electron chi connectivity index (χ4n) is 5.35. The molecule has 33 heavy (non-hydrogen) atoms. The van der Waals surface area contributed by atoms with Gasteiger partial charge in [0.15, 0.2) is 5.82 Å². The zero-order chi connectivity index (χ0) is 22.5. The Morgan fingerprint density at radius 3 is 2.79 bits per heavy atom. The highest BCUT2D eigenvalue weighted by molar-refractivity contribution is 7.99. The summed E-state index contributed by atoms with van der Waals surface area (Å²) in [5.74, 6) is 1.08. The Hall–Kier alpha value is -3.22. The fourth-order valence-corrected chi connectivity index (χ4v) is 6.32. The summed E-state index contributed by atoms with van der Waals surface area (Å²) in [6.45, 7) is 4.32. The minimum Gasteiger partial charge on any atom is -0.316 e. The molecule has 6 rings (SSSR count). The molecule has 2 fully saturated rings. The Labute approximate surface area is 194 Å². The second kappa shape index (κ2) is 7.97. The van der Waals surface area contributed by atoms with Crippen molar-refractivity contribution in [1.29, 1.82) is 5.26 Å². The summed E-state index contributed by atoms with van der Waals surface area (Å²) in [6.07, 6.45) is 9.24. The van der Waals surface area contributed by atoms with Crippen molar-refractivity contribution >= 4 is 17.3 Å². The van der Waals surface area contributed by atoms with Gasteiger partial charge in [0, 0.05) is 34.1 Å². The lowest BCUT2D eigenvalue weighted by Gasteiger charge is -2.15. The molecule has 0 unspecified atom stereocenters. The molecule has 9 heteroatoms. The molecule has 7 nitrogen and oxygen atoms in total. The monoisotopic (exact) mass is 459 g/mol. The van der Waals surface area contributed by atoms with Crippen LogP contribution in [0.3, 0.4) is 0 Å². The molecule has 1 aliphatic carbocycles. The van der Waals surface area contributed by atoms with E-state index in [0.29, 0.717) is 17.1 Å². The van der Waals surface area contributed by atoms with Crippen LogP contribution in [0.2, 0.25) is 0 Å². The van der Waals surface area contributed by atoms with Crippen LogP contribution in [0.4, 0.5) is 4.39 Å². The first kappa shape index (κ1) is 20.4. The molecule has 0 spiro atoms. The van der Waals surface area contributed by atoms with E-state index in [1.807, 2.05) is 18.5 Å². The molecule has 0 radical (unpaired) electrons. The van der Waals surface area contributed by atoms with Gasteiger partial charge in [0.25, 0.3) is 0 Å². The van der Waals surface area contributed by atoms with Gasteiger partial charge in [-0.2, -0.15) is 15.5 Å². The molecule has 5 heterocycles. The zero-order valence-electron chi connectivity index (χ0n) is 18.1.